The van der Waals surface area contributed by atoms with Crippen molar-refractivity contribution in [3.05, 3.63) is 23.8 Å². The number of phenols is 1. The summed E-state index contributed by atoms with van der Waals surface area (Å²) < 4.78 is 0. The SMILES string of the molecule is CCN(C(=O)N[C@@H](CO)C(=O)O)c1cc(O)ccc1C. The van der Waals surface area contributed by atoms with E-state index in [9.17, 15) is 14.7 Å². The summed E-state index contributed by atoms with van der Waals surface area (Å²) in [6.45, 7) is 3.08. The maximum Gasteiger partial charge on any atom is 0.328 e. The van der Waals surface area contributed by atoms with E-state index in [1.165, 1.54) is 17.0 Å². The number of nitrogens with one attached hydrogen (secondary N) is 1. The van der Waals surface area contributed by atoms with Gasteiger partial charge in [0, 0.05) is 12.6 Å². The molecule has 1 atom stereocenters. The number of aliphatic hydroxyl groups excluding tert-OH is 1. The van der Waals surface area contributed by atoms with Crippen LogP contribution in [0.5, 0.6) is 5.75 Å². The Morgan fingerprint density at radius 3 is 2.55 bits per heavy atom. The first-order valence-electron chi connectivity index (χ1n) is 6.12. The number of hydrogen-bond acceptors (Lipinski definition) is 4. The summed E-state index contributed by atoms with van der Waals surface area (Å²) in [5.74, 6) is -1.31. The van der Waals surface area contributed by atoms with Gasteiger partial charge in [-0.1, -0.05) is 6.07 Å². The van der Waals surface area contributed by atoms with Crippen molar-refractivity contribution in [2.24, 2.45) is 0 Å². The van der Waals surface area contributed by atoms with Crippen LogP contribution in [0.3, 0.4) is 0 Å². The molecule has 0 fully saturated rings. The molecule has 1 aromatic carbocycles. The second kappa shape index (κ2) is 6.76. The molecule has 0 aliphatic rings. The van der Waals surface area contributed by atoms with Crippen molar-refractivity contribution in [2.75, 3.05) is 18.1 Å². The molecule has 0 heterocycles. The van der Waals surface area contributed by atoms with Gasteiger partial charge in [0.1, 0.15) is 5.75 Å². The molecule has 0 aromatic heterocycles. The molecule has 0 aliphatic heterocycles. The molecule has 2 amide bonds. The van der Waals surface area contributed by atoms with Gasteiger partial charge in [-0.2, -0.15) is 0 Å². The van der Waals surface area contributed by atoms with Crippen molar-refractivity contribution in [1.29, 1.82) is 0 Å². The summed E-state index contributed by atoms with van der Waals surface area (Å²) in [4.78, 5) is 24.2. The number of aliphatic hydroxyl groups is 1. The highest BCUT2D eigenvalue weighted by molar-refractivity contribution is 5.95. The van der Waals surface area contributed by atoms with E-state index in [0.29, 0.717) is 5.69 Å². The van der Waals surface area contributed by atoms with Crippen LogP contribution in [-0.4, -0.2) is 46.5 Å². The third-order valence-electron chi connectivity index (χ3n) is 2.82. The van der Waals surface area contributed by atoms with Crippen molar-refractivity contribution in [1.82, 2.24) is 5.32 Å². The van der Waals surface area contributed by atoms with Gasteiger partial charge in [-0.15, -0.1) is 0 Å². The van der Waals surface area contributed by atoms with Gasteiger partial charge in [0.25, 0.3) is 0 Å². The number of benzene rings is 1. The van der Waals surface area contributed by atoms with E-state index in [4.69, 9.17) is 10.2 Å². The van der Waals surface area contributed by atoms with Crippen LogP contribution in [0.15, 0.2) is 18.2 Å². The zero-order chi connectivity index (χ0) is 15.3. The van der Waals surface area contributed by atoms with Gasteiger partial charge in [0.05, 0.1) is 12.3 Å². The highest BCUT2D eigenvalue weighted by Gasteiger charge is 2.23. The fraction of sp³-hybridized carbons (Fsp3) is 0.385. The number of amides is 2. The summed E-state index contributed by atoms with van der Waals surface area (Å²) in [6, 6.07) is 2.56. The van der Waals surface area contributed by atoms with Gasteiger partial charge in [0.15, 0.2) is 6.04 Å². The third-order valence-corrected chi connectivity index (χ3v) is 2.82. The lowest BCUT2D eigenvalue weighted by Gasteiger charge is -2.25. The van der Waals surface area contributed by atoms with Crippen LogP contribution in [0.4, 0.5) is 10.5 Å². The van der Waals surface area contributed by atoms with Crippen LogP contribution in [0.1, 0.15) is 12.5 Å². The summed E-state index contributed by atoms with van der Waals surface area (Å²) >= 11 is 0. The fourth-order valence-electron chi connectivity index (χ4n) is 1.72. The monoisotopic (exact) mass is 282 g/mol. The predicted octanol–water partition coefficient (Wildman–Crippen LogP) is 0.682. The van der Waals surface area contributed by atoms with Gasteiger partial charge >= 0.3 is 12.0 Å². The van der Waals surface area contributed by atoms with Crippen LogP contribution < -0.4 is 10.2 Å². The number of hydrogen-bond donors (Lipinski definition) is 4. The van der Waals surface area contributed by atoms with Gasteiger partial charge in [-0.05, 0) is 25.5 Å². The Kier molecular flexibility index (Phi) is 5.33. The quantitative estimate of drug-likeness (QED) is 0.635. The van der Waals surface area contributed by atoms with E-state index in [-0.39, 0.29) is 12.3 Å². The average Bonchev–Trinajstić information content (AvgIpc) is 2.40. The van der Waals surface area contributed by atoms with E-state index in [0.717, 1.165) is 5.56 Å². The molecule has 0 aliphatic carbocycles. The van der Waals surface area contributed by atoms with Crippen LogP contribution in [-0.2, 0) is 4.79 Å². The molecule has 0 saturated heterocycles. The van der Waals surface area contributed by atoms with E-state index < -0.39 is 24.6 Å². The number of aliphatic carboxylic acids is 1. The van der Waals surface area contributed by atoms with Crippen LogP contribution in [0.2, 0.25) is 0 Å². The highest BCUT2D eigenvalue weighted by Crippen LogP contribution is 2.24. The highest BCUT2D eigenvalue weighted by atomic mass is 16.4. The fourth-order valence-corrected chi connectivity index (χ4v) is 1.72. The maximum atomic E-state index is 12.1. The Labute approximate surface area is 116 Å². The molecule has 0 bridgehead atoms. The number of carbonyl (C=O) groups is 2. The number of anilines is 1. The zero-order valence-corrected chi connectivity index (χ0v) is 11.3. The second-order valence-corrected chi connectivity index (χ2v) is 4.24. The van der Waals surface area contributed by atoms with Crippen molar-refractivity contribution < 1.29 is 24.9 Å². The number of aromatic hydroxyl groups is 1. The minimum Gasteiger partial charge on any atom is -0.508 e. The molecule has 0 radical (unpaired) electrons. The lowest BCUT2D eigenvalue weighted by molar-refractivity contribution is -0.140. The molecule has 20 heavy (non-hydrogen) atoms. The first kappa shape index (κ1) is 15.8. The van der Waals surface area contributed by atoms with Gasteiger partial charge in [-0.3, -0.25) is 4.90 Å². The molecule has 1 aromatic rings. The molecule has 0 spiro atoms. The summed E-state index contributed by atoms with van der Waals surface area (Å²) in [5.41, 5.74) is 1.24. The normalized spacial score (nSPS) is 11.8. The Bertz CT molecular complexity index is 504. The Morgan fingerprint density at radius 2 is 2.05 bits per heavy atom. The van der Waals surface area contributed by atoms with Crippen LogP contribution >= 0.6 is 0 Å². The molecule has 1 rings (SSSR count). The number of phenolic OH excluding ortho intramolecular Hbond substituents is 1. The first-order chi connectivity index (χ1) is 9.40. The number of rotatable bonds is 5. The number of carboxylic acid groups (broad SMARTS) is 1. The lowest BCUT2D eigenvalue weighted by Crippen LogP contribution is -2.49. The minimum absolute atomic E-state index is 0.00814. The maximum absolute atomic E-state index is 12.1. The molecule has 0 unspecified atom stereocenters. The van der Waals surface area contributed by atoms with E-state index in [2.05, 4.69) is 5.32 Å². The van der Waals surface area contributed by atoms with Gasteiger partial charge in [-0.25, -0.2) is 9.59 Å². The van der Waals surface area contributed by atoms with Crippen molar-refractivity contribution in [3.63, 3.8) is 0 Å². The first-order valence-corrected chi connectivity index (χ1v) is 6.12. The Hall–Kier alpha value is -2.28. The summed E-state index contributed by atoms with van der Waals surface area (Å²) in [5, 5.41) is 29.4. The number of nitrogens with zero attached hydrogens (tertiary/aromatic N) is 1. The number of urea groups is 1. The topological polar surface area (TPSA) is 110 Å². The number of carboxylic acids is 1. The standard InChI is InChI=1S/C13H18N2O5/c1-3-15(11-6-9(17)5-4-8(11)2)13(20)14-10(7-16)12(18)19/h4-6,10,16-17H,3,7H2,1-2H3,(H,14,20)(H,18,19)/t10-/m0/s1. The molecule has 7 heteroatoms. The lowest BCUT2D eigenvalue weighted by atomic mass is 10.1. The third kappa shape index (κ3) is 3.61. The van der Waals surface area contributed by atoms with Crippen molar-refractivity contribution in [3.8, 4) is 5.75 Å². The van der Waals surface area contributed by atoms with E-state index in [1.54, 1.807) is 19.9 Å². The Balaban J connectivity index is 2.98. The summed E-state index contributed by atoms with van der Waals surface area (Å²) in [7, 11) is 0. The predicted molar refractivity (Wildman–Crippen MR) is 72.9 cm³/mol. The molecule has 7 nitrogen and oxygen atoms in total. The minimum atomic E-state index is -1.37. The van der Waals surface area contributed by atoms with Crippen molar-refractivity contribution >= 4 is 17.7 Å². The van der Waals surface area contributed by atoms with Crippen LogP contribution in [0, 0.1) is 6.92 Å². The Morgan fingerprint density at radius 1 is 1.40 bits per heavy atom. The van der Waals surface area contributed by atoms with Crippen LogP contribution in [0.25, 0.3) is 0 Å². The second-order valence-electron chi connectivity index (χ2n) is 4.24. The molecule has 110 valence electrons. The van der Waals surface area contributed by atoms with Crippen molar-refractivity contribution in [2.45, 2.75) is 19.9 Å². The van der Waals surface area contributed by atoms with Gasteiger partial charge in [0.2, 0.25) is 0 Å². The zero-order valence-electron chi connectivity index (χ0n) is 11.3. The summed E-state index contributed by atoms with van der Waals surface area (Å²) in [6.07, 6.45) is 0. The van der Waals surface area contributed by atoms with Gasteiger partial charge < -0.3 is 20.6 Å². The number of carbonyl (C=O) groups excluding carboxylic acids is 1. The molecule has 4 N–H and O–H groups in total. The smallest absolute Gasteiger partial charge is 0.328 e. The molecular formula is C13H18N2O5. The van der Waals surface area contributed by atoms with E-state index in [1.807, 2.05) is 0 Å². The largest absolute Gasteiger partial charge is 0.508 e. The molecular weight excluding hydrogens is 264 g/mol. The molecule has 0 saturated carbocycles. The van der Waals surface area contributed by atoms with E-state index >= 15 is 0 Å². The number of aryl methyl sites for hydroxylation is 1. The average molecular weight is 282 g/mol.